The fraction of sp³-hybridized carbons (Fsp3) is 0.720. The number of fused-ring (bicyclic) bond motifs is 1. The molecule has 2 aliphatic heterocycles. The maximum Gasteiger partial charge on any atom is 0.217 e. The fourth-order valence-corrected chi connectivity index (χ4v) is 4.31. The SMILES string of the molecule is CCCCCCCCO[C@@H]1O[C@@H]2CO[C@@H](c3ccccc3)O[C@H]2[C@H](OCOC)[C@H]1NC(C)=O. The summed E-state index contributed by atoms with van der Waals surface area (Å²) in [4.78, 5) is 12.0. The molecule has 0 radical (unpaired) electrons. The number of rotatable bonds is 13. The van der Waals surface area contributed by atoms with Gasteiger partial charge in [-0.05, 0) is 6.42 Å². The molecule has 0 saturated carbocycles. The first-order valence-corrected chi connectivity index (χ1v) is 12.1. The summed E-state index contributed by atoms with van der Waals surface area (Å²) in [5, 5.41) is 2.96. The number of carbonyl (C=O) groups is 1. The minimum Gasteiger partial charge on any atom is -0.359 e. The van der Waals surface area contributed by atoms with E-state index in [0.717, 1.165) is 18.4 Å². The Morgan fingerprint density at radius 1 is 1.06 bits per heavy atom. The molecule has 1 aromatic carbocycles. The summed E-state index contributed by atoms with van der Waals surface area (Å²) in [5.74, 6) is -0.187. The van der Waals surface area contributed by atoms with Gasteiger partial charge in [0.25, 0.3) is 0 Å². The van der Waals surface area contributed by atoms with Crippen molar-refractivity contribution >= 4 is 5.91 Å². The molecule has 2 fully saturated rings. The number of amides is 1. The third-order valence-corrected chi connectivity index (χ3v) is 5.94. The number of benzene rings is 1. The smallest absolute Gasteiger partial charge is 0.217 e. The summed E-state index contributed by atoms with van der Waals surface area (Å²) in [7, 11) is 1.56. The number of ether oxygens (including phenoxy) is 6. The maximum absolute atomic E-state index is 12.0. The number of methoxy groups -OCH3 is 1. The van der Waals surface area contributed by atoms with Crippen LogP contribution in [0.15, 0.2) is 30.3 Å². The van der Waals surface area contributed by atoms with Gasteiger partial charge in [0.05, 0.1) is 6.61 Å². The van der Waals surface area contributed by atoms with Crippen LogP contribution in [0.3, 0.4) is 0 Å². The maximum atomic E-state index is 12.0. The van der Waals surface area contributed by atoms with Crippen molar-refractivity contribution in [3.8, 4) is 0 Å². The standard InChI is InChI=1S/C25H39NO7/c1-4-5-6-7-8-12-15-29-25-21(26-18(2)27)23(31-17-28-3)22-20(32-25)16-30-24(33-22)19-13-10-9-11-14-19/h9-11,13-14,20-25H,4-8,12,15-17H2,1-3H3,(H,26,27)/t20-,21-,22-,23-,24-,25-/m1/s1. The molecule has 1 N–H and O–H groups in total. The Hall–Kier alpha value is -1.55. The molecule has 0 unspecified atom stereocenters. The predicted molar refractivity (Wildman–Crippen MR) is 122 cm³/mol. The third kappa shape index (κ3) is 7.73. The highest BCUT2D eigenvalue weighted by atomic mass is 16.8. The Morgan fingerprint density at radius 3 is 2.55 bits per heavy atom. The molecule has 0 spiro atoms. The molecule has 1 aromatic rings. The molecule has 8 heteroatoms. The lowest BCUT2D eigenvalue weighted by molar-refractivity contribution is -0.352. The van der Waals surface area contributed by atoms with Crippen LogP contribution in [0.4, 0.5) is 0 Å². The molecular weight excluding hydrogens is 426 g/mol. The van der Waals surface area contributed by atoms with Gasteiger partial charge >= 0.3 is 0 Å². The van der Waals surface area contributed by atoms with E-state index in [2.05, 4.69) is 12.2 Å². The number of hydrogen-bond donors (Lipinski definition) is 1. The van der Waals surface area contributed by atoms with Crippen molar-refractivity contribution < 1.29 is 33.2 Å². The zero-order chi connectivity index (χ0) is 23.5. The molecule has 2 saturated heterocycles. The van der Waals surface area contributed by atoms with E-state index in [-0.39, 0.29) is 18.8 Å². The summed E-state index contributed by atoms with van der Waals surface area (Å²) >= 11 is 0. The van der Waals surface area contributed by atoms with Crippen LogP contribution in [0, 0.1) is 0 Å². The molecular formula is C25H39NO7. The molecule has 6 atom stereocenters. The van der Waals surface area contributed by atoms with E-state index in [4.69, 9.17) is 28.4 Å². The van der Waals surface area contributed by atoms with E-state index in [0.29, 0.717) is 13.2 Å². The van der Waals surface area contributed by atoms with Crippen LogP contribution in [0.25, 0.3) is 0 Å². The number of carbonyl (C=O) groups excluding carboxylic acids is 1. The Balaban J connectivity index is 1.67. The summed E-state index contributed by atoms with van der Waals surface area (Å²) in [6.45, 7) is 4.63. The molecule has 2 aliphatic rings. The van der Waals surface area contributed by atoms with E-state index in [1.165, 1.54) is 32.6 Å². The van der Waals surface area contributed by atoms with Crippen molar-refractivity contribution in [3.63, 3.8) is 0 Å². The first kappa shape index (κ1) is 26.1. The fourth-order valence-electron chi connectivity index (χ4n) is 4.31. The average Bonchev–Trinajstić information content (AvgIpc) is 2.83. The highest BCUT2D eigenvalue weighted by Crippen LogP contribution is 2.35. The second-order valence-electron chi connectivity index (χ2n) is 8.62. The summed E-state index contributed by atoms with van der Waals surface area (Å²) in [6.07, 6.45) is 4.44. The molecule has 3 rings (SSSR count). The minimum absolute atomic E-state index is 0.0638. The van der Waals surface area contributed by atoms with Gasteiger partial charge in [0.1, 0.15) is 31.1 Å². The third-order valence-electron chi connectivity index (χ3n) is 5.94. The Labute approximate surface area is 197 Å². The van der Waals surface area contributed by atoms with E-state index in [9.17, 15) is 4.79 Å². The lowest BCUT2D eigenvalue weighted by Gasteiger charge is -2.49. The average molecular weight is 466 g/mol. The summed E-state index contributed by atoms with van der Waals surface area (Å²) in [5.41, 5.74) is 0.916. The van der Waals surface area contributed by atoms with Crippen LogP contribution in [0.1, 0.15) is 64.2 Å². The van der Waals surface area contributed by atoms with Crippen molar-refractivity contribution in [2.24, 2.45) is 0 Å². The van der Waals surface area contributed by atoms with Crippen molar-refractivity contribution in [1.82, 2.24) is 5.32 Å². The van der Waals surface area contributed by atoms with Crippen molar-refractivity contribution in [2.45, 2.75) is 89.3 Å². The Morgan fingerprint density at radius 2 is 1.82 bits per heavy atom. The zero-order valence-corrected chi connectivity index (χ0v) is 20.1. The van der Waals surface area contributed by atoms with E-state index < -0.39 is 30.8 Å². The molecule has 0 bridgehead atoms. The van der Waals surface area contributed by atoms with Crippen LogP contribution in [-0.2, 0) is 33.2 Å². The Kier molecular flexibility index (Phi) is 11.0. The van der Waals surface area contributed by atoms with Gasteiger partial charge in [-0.1, -0.05) is 69.4 Å². The summed E-state index contributed by atoms with van der Waals surface area (Å²) in [6, 6.07) is 9.21. The van der Waals surface area contributed by atoms with Gasteiger partial charge in [0.15, 0.2) is 12.6 Å². The second-order valence-corrected chi connectivity index (χ2v) is 8.62. The zero-order valence-electron chi connectivity index (χ0n) is 20.1. The topological polar surface area (TPSA) is 84.5 Å². The van der Waals surface area contributed by atoms with Gasteiger partial charge in [-0.15, -0.1) is 0 Å². The quantitative estimate of drug-likeness (QED) is 0.351. The number of nitrogens with one attached hydrogen (secondary N) is 1. The minimum atomic E-state index is -0.659. The molecule has 0 aromatic heterocycles. The first-order valence-electron chi connectivity index (χ1n) is 12.1. The highest BCUT2D eigenvalue weighted by Gasteiger charge is 2.51. The van der Waals surface area contributed by atoms with E-state index in [1.807, 2.05) is 30.3 Å². The van der Waals surface area contributed by atoms with Gasteiger partial charge < -0.3 is 33.7 Å². The lowest BCUT2D eigenvalue weighted by Crippen LogP contribution is -2.67. The molecule has 8 nitrogen and oxygen atoms in total. The first-order chi connectivity index (χ1) is 16.1. The summed E-state index contributed by atoms with van der Waals surface area (Å²) < 4.78 is 35.8. The second kappa shape index (κ2) is 14.0. The molecule has 186 valence electrons. The van der Waals surface area contributed by atoms with Gasteiger partial charge in [-0.3, -0.25) is 4.79 Å². The monoisotopic (exact) mass is 465 g/mol. The van der Waals surface area contributed by atoms with E-state index in [1.54, 1.807) is 7.11 Å². The highest BCUT2D eigenvalue weighted by molar-refractivity contribution is 5.73. The van der Waals surface area contributed by atoms with Crippen LogP contribution in [0.2, 0.25) is 0 Å². The van der Waals surface area contributed by atoms with E-state index >= 15 is 0 Å². The molecule has 1 amide bonds. The van der Waals surface area contributed by atoms with Crippen molar-refractivity contribution in [1.29, 1.82) is 0 Å². The normalized spacial score (nSPS) is 29.4. The van der Waals surface area contributed by atoms with Crippen molar-refractivity contribution in [3.05, 3.63) is 35.9 Å². The largest absolute Gasteiger partial charge is 0.359 e. The Bertz CT molecular complexity index is 689. The van der Waals surface area contributed by atoms with Gasteiger partial charge in [-0.25, -0.2) is 0 Å². The van der Waals surface area contributed by atoms with Crippen LogP contribution < -0.4 is 5.32 Å². The lowest BCUT2D eigenvalue weighted by atomic mass is 9.95. The molecule has 2 heterocycles. The van der Waals surface area contributed by atoms with Gasteiger partial charge in [-0.2, -0.15) is 0 Å². The molecule has 0 aliphatic carbocycles. The molecule has 33 heavy (non-hydrogen) atoms. The predicted octanol–water partition coefficient (Wildman–Crippen LogP) is 3.70. The van der Waals surface area contributed by atoms with Gasteiger partial charge in [0, 0.05) is 26.2 Å². The number of unbranched alkanes of at least 4 members (excludes halogenated alkanes) is 5. The van der Waals surface area contributed by atoms with Crippen molar-refractivity contribution in [2.75, 3.05) is 27.1 Å². The number of hydrogen-bond acceptors (Lipinski definition) is 7. The van der Waals surface area contributed by atoms with Crippen LogP contribution >= 0.6 is 0 Å². The van der Waals surface area contributed by atoms with Crippen LogP contribution in [-0.4, -0.2) is 63.7 Å². The van der Waals surface area contributed by atoms with Crippen LogP contribution in [0.5, 0.6) is 0 Å². The van der Waals surface area contributed by atoms with Gasteiger partial charge in [0.2, 0.25) is 5.91 Å².